The van der Waals surface area contributed by atoms with E-state index < -0.39 is 0 Å². The highest BCUT2D eigenvalue weighted by Gasteiger charge is 2.49. The normalized spacial score (nSPS) is 27.7. The van der Waals surface area contributed by atoms with E-state index in [2.05, 4.69) is 25.3 Å². The minimum Gasteiger partial charge on any atom is -0.483 e. The average molecular weight is 436 g/mol. The van der Waals surface area contributed by atoms with Gasteiger partial charge in [0.1, 0.15) is 0 Å². The Labute approximate surface area is 182 Å². The molecular weight excluding hydrogens is 402 g/mol. The van der Waals surface area contributed by atoms with Crippen LogP contribution in [0.3, 0.4) is 0 Å². The molecule has 3 aliphatic heterocycles. The van der Waals surface area contributed by atoms with Crippen molar-refractivity contribution in [3.05, 3.63) is 11.7 Å². The summed E-state index contributed by atoms with van der Waals surface area (Å²) in [4.78, 5) is 42.1. The van der Waals surface area contributed by atoms with E-state index >= 15 is 0 Å². The quantitative estimate of drug-likeness (QED) is 0.638. The lowest BCUT2D eigenvalue weighted by Crippen LogP contribution is -2.67. The van der Waals surface area contributed by atoms with Crippen molar-refractivity contribution in [3.8, 4) is 0 Å². The number of carboxylic acid groups (broad SMARTS) is 1. The number of carbonyl (C=O) groups is 3. The first kappa shape index (κ1) is 23.2. The highest BCUT2D eigenvalue weighted by molar-refractivity contribution is 5.78. The van der Waals surface area contributed by atoms with E-state index in [-0.39, 0.29) is 24.3 Å². The van der Waals surface area contributed by atoms with Crippen molar-refractivity contribution in [1.29, 1.82) is 0 Å². The number of hydrogen-bond acceptors (Lipinski definition) is 7. The molecule has 1 aromatic rings. The summed E-state index contributed by atoms with van der Waals surface area (Å²) >= 11 is 0. The van der Waals surface area contributed by atoms with Crippen LogP contribution in [0.1, 0.15) is 57.2 Å². The van der Waals surface area contributed by atoms with Gasteiger partial charge in [0.2, 0.25) is 17.7 Å². The Hall–Kier alpha value is -2.49. The van der Waals surface area contributed by atoms with E-state index in [0.29, 0.717) is 49.7 Å². The van der Waals surface area contributed by atoms with Crippen LogP contribution in [0.5, 0.6) is 0 Å². The molecule has 0 spiro atoms. The predicted octanol–water partition coefficient (Wildman–Crippen LogP) is 1.20. The summed E-state index contributed by atoms with van der Waals surface area (Å²) in [5.74, 6) is 2.52. The molecule has 4 rings (SSSR count). The Bertz CT molecular complexity index is 769. The van der Waals surface area contributed by atoms with Crippen molar-refractivity contribution in [2.45, 2.75) is 71.0 Å². The Morgan fingerprint density at radius 1 is 1.35 bits per heavy atom. The summed E-state index contributed by atoms with van der Waals surface area (Å²) in [5.41, 5.74) is 0. The Morgan fingerprint density at radius 3 is 2.77 bits per heavy atom. The van der Waals surface area contributed by atoms with Crippen LogP contribution in [-0.4, -0.2) is 75.1 Å². The maximum absolute atomic E-state index is 12.8. The fourth-order valence-electron chi connectivity index (χ4n) is 5.40. The fraction of sp³-hybridized carbons (Fsp3) is 0.762. The van der Waals surface area contributed by atoms with Gasteiger partial charge in [-0.3, -0.25) is 19.3 Å². The second kappa shape index (κ2) is 10.7. The first-order valence-electron chi connectivity index (χ1n) is 11.1. The van der Waals surface area contributed by atoms with E-state index in [1.54, 1.807) is 0 Å². The molecule has 4 atom stereocenters. The summed E-state index contributed by atoms with van der Waals surface area (Å²) in [6, 6.07) is 0.380. The molecule has 2 bridgehead atoms. The zero-order valence-corrected chi connectivity index (χ0v) is 18.3. The number of carbonyl (C=O) groups excluding carboxylic acids is 2. The number of fused-ring (bicyclic) bond motifs is 4. The van der Waals surface area contributed by atoms with Gasteiger partial charge in [0.15, 0.2) is 5.82 Å². The van der Waals surface area contributed by atoms with Gasteiger partial charge in [-0.2, -0.15) is 4.98 Å². The van der Waals surface area contributed by atoms with E-state index in [1.165, 1.54) is 0 Å². The summed E-state index contributed by atoms with van der Waals surface area (Å²) in [7, 11) is 0. The molecule has 10 nitrogen and oxygen atoms in total. The number of amides is 2. The first-order chi connectivity index (χ1) is 15.0. The van der Waals surface area contributed by atoms with Crippen molar-refractivity contribution in [3.63, 3.8) is 0 Å². The highest BCUT2D eigenvalue weighted by atomic mass is 16.5. The third-order valence-electron chi connectivity index (χ3n) is 6.49. The van der Waals surface area contributed by atoms with Crippen LogP contribution >= 0.6 is 0 Å². The van der Waals surface area contributed by atoms with Crippen molar-refractivity contribution >= 4 is 18.3 Å². The molecule has 0 saturated carbocycles. The van der Waals surface area contributed by atoms with Gasteiger partial charge in [0, 0.05) is 45.4 Å². The average Bonchev–Trinajstić information content (AvgIpc) is 3.13. The molecule has 172 valence electrons. The Morgan fingerprint density at radius 2 is 2.10 bits per heavy atom. The lowest BCUT2D eigenvalue weighted by Gasteiger charge is -2.56. The SMILES string of the molecule is CCCC(=O)NC[C@H]1[C@H]2C[C@H](CN(Cc3noc(C)n3)C2)[C@@H]2CCCC(=O)N21.O=CO. The molecule has 3 saturated heterocycles. The fourth-order valence-corrected chi connectivity index (χ4v) is 5.40. The molecule has 0 aliphatic carbocycles. The lowest BCUT2D eigenvalue weighted by molar-refractivity contribution is -0.153. The van der Waals surface area contributed by atoms with Crippen LogP contribution in [0, 0.1) is 18.8 Å². The zero-order chi connectivity index (χ0) is 22.4. The van der Waals surface area contributed by atoms with Gasteiger partial charge in [-0.05, 0) is 37.5 Å². The zero-order valence-electron chi connectivity index (χ0n) is 18.3. The van der Waals surface area contributed by atoms with Crippen LogP contribution in [0.15, 0.2) is 4.52 Å². The van der Waals surface area contributed by atoms with Crippen LogP contribution < -0.4 is 5.32 Å². The molecule has 31 heavy (non-hydrogen) atoms. The van der Waals surface area contributed by atoms with Crippen molar-refractivity contribution in [1.82, 2.24) is 25.3 Å². The first-order valence-corrected chi connectivity index (χ1v) is 11.1. The number of nitrogens with one attached hydrogen (secondary N) is 1. The molecular formula is C21H33N5O5. The third-order valence-corrected chi connectivity index (χ3v) is 6.49. The molecule has 1 aromatic heterocycles. The molecule has 10 heteroatoms. The van der Waals surface area contributed by atoms with Crippen LogP contribution in [0.4, 0.5) is 0 Å². The van der Waals surface area contributed by atoms with Crippen molar-refractivity contribution in [2.24, 2.45) is 11.8 Å². The van der Waals surface area contributed by atoms with Crippen LogP contribution in [0.25, 0.3) is 0 Å². The van der Waals surface area contributed by atoms with Gasteiger partial charge in [-0.1, -0.05) is 12.1 Å². The Balaban J connectivity index is 0.000000858. The predicted molar refractivity (Wildman–Crippen MR) is 111 cm³/mol. The van der Waals surface area contributed by atoms with E-state index in [1.807, 2.05) is 13.8 Å². The number of aromatic nitrogens is 2. The van der Waals surface area contributed by atoms with Crippen LogP contribution in [-0.2, 0) is 20.9 Å². The number of piperidine rings is 3. The molecule has 4 heterocycles. The summed E-state index contributed by atoms with van der Waals surface area (Å²) in [6.45, 7) is 6.67. The third kappa shape index (κ3) is 5.61. The minimum absolute atomic E-state index is 0.0839. The standard InChI is InChI=1S/C20H31N5O3.CH2O2/c1-3-5-19(26)21-9-17-15-8-14(16-6-4-7-20(27)25(16)17)10-24(11-15)12-18-22-13(2)28-23-18;2-1-3/h14-17H,3-12H2,1-2H3,(H,21,26);1H,(H,2,3)/t14-,15+,16+,17+;/m1./s1. The summed E-state index contributed by atoms with van der Waals surface area (Å²) < 4.78 is 5.12. The van der Waals surface area contributed by atoms with Gasteiger partial charge >= 0.3 is 0 Å². The molecule has 2 N–H and O–H groups in total. The number of rotatable bonds is 6. The molecule has 3 aliphatic rings. The van der Waals surface area contributed by atoms with Gasteiger partial charge in [-0.15, -0.1) is 0 Å². The number of nitrogens with zero attached hydrogens (tertiary/aromatic N) is 4. The van der Waals surface area contributed by atoms with E-state index in [0.717, 1.165) is 44.6 Å². The molecule has 0 unspecified atom stereocenters. The molecule has 3 fully saturated rings. The Kier molecular flexibility index (Phi) is 8.00. The number of likely N-dealkylation sites (tertiary alicyclic amines) is 1. The monoisotopic (exact) mass is 435 g/mol. The molecule has 2 amide bonds. The largest absolute Gasteiger partial charge is 0.483 e. The van der Waals surface area contributed by atoms with Gasteiger partial charge < -0.3 is 19.8 Å². The molecule has 0 aromatic carbocycles. The molecule has 0 radical (unpaired) electrons. The lowest BCUT2D eigenvalue weighted by atomic mass is 9.72. The maximum atomic E-state index is 12.8. The van der Waals surface area contributed by atoms with E-state index in [4.69, 9.17) is 14.4 Å². The van der Waals surface area contributed by atoms with Gasteiger partial charge in [-0.25, -0.2) is 0 Å². The minimum atomic E-state index is -0.250. The van der Waals surface area contributed by atoms with Gasteiger partial charge in [0.05, 0.1) is 12.6 Å². The van der Waals surface area contributed by atoms with Crippen LogP contribution in [0.2, 0.25) is 0 Å². The van der Waals surface area contributed by atoms with Crippen molar-refractivity contribution in [2.75, 3.05) is 19.6 Å². The second-order valence-electron chi connectivity index (χ2n) is 8.67. The smallest absolute Gasteiger partial charge is 0.290 e. The van der Waals surface area contributed by atoms with E-state index in [9.17, 15) is 9.59 Å². The van der Waals surface area contributed by atoms with Crippen molar-refractivity contribution < 1.29 is 24.0 Å². The highest BCUT2D eigenvalue weighted by Crippen LogP contribution is 2.41. The summed E-state index contributed by atoms with van der Waals surface area (Å²) in [6.07, 6.45) is 5.19. The maximum Gasteiger partial charge on any atom is 0.290 e. The number of aryl methyl sites for hydroxylation is 1. The van der Waals surface area contributed by atoms with Gasteiger partial charge in [0.25, 0.3) is 6.47 Å². The number of hydrogen-bond donors (Lipinski definition) is 2. The summed E-state index contributed by atoms with van der Waals surface area (Å²) in [5, 5.41) is 14.0. The topological polar surface area (TPSA) is 129 Å². The second-order valence-corrected chi connectivity index (χ2v) is 8.67.